The van der Waals surface area contributed by atoms with Gasteiger partial charge in [0.1, 0.15) is 6.10 Å². The van der Waals surface area contributed by atoms with Crippen LogP contribution in [0.4, 0.5) is 0 Å². The van der Waals surface area contributed by atoms with Gasteiger partial charge < -0.3 is 10.5 Å². The first-order chi connectivity index (χ1) is 7.23. The number of rotatable bonds is 2. The molecule has 1 saturated carbocycles. The molecule has 0 aromatic rings. The first-order valence-corrected chi connectivity index (χ1v) is 5.82. The van der Waals surface area contributed by atoms with Crippen molar-refractivity contribution in [3.8, 4) is 0 Å². The molecule has 0 radical (unpaired) electrons. The topological polar surface area (TPSA) is 52.3 Å². The van der Waals surface area contributed by atoms with Crippen LogP contribution in [0.2, 0.25) is 0 Å². The highest BCUT2D eigenvalue weighted by molar-refractivity contribution is 5.81. The van der Waals surface area contributed by atoms with Crippen molar-refractivity contribution in [2.45, 2.75) is 47.1 Å². The average Bonchev–Trinajstić information content (AvgIpc) is 2.28. The summed E-state index contributed by atoms with van der Waals surface area (Å²) in [4.78, 5) is 11.4. The van der Waals surface area contributed by atoms with E-state index in [-0.39, 0.29) is 22.9 Å². The zero-order valence-electron chi connectivity index (χ0n) is 10.9. The van der Waals surface area contributed by atoms with E-state index < -0.39 is 0 Å². The zero-order valence-corrected chi connectivity index (χ0v) is 10.9. The van der Waals surface area contributed by atoms with E-state index in [2.05, 4.69) is 34.6 Å². The lowest BCUT2D eigenvalue weighted by Gasteiger charge is -2.40. The van der Waals surface area contributed by atoms with Crippen LogP contribution in [0.1, 0.15) is 41.0 Å². The molecule has 0 unspecified atom stereocenters. The number of nitrogens with two attached hydrogens (primary N) is 1. The van der Waals surface area contributed by atoms with Gasteiger partial charge in [-0.3, -0.25) is 0 Å². The van der Waals surface area contributed by atoms with Crippen molar-refractivity contribution in [3.05, 3.63) is 12.3 Å². The molecule has 2 atom stereocenters. The van der Waals surface area contributed by atoms with E-state index in [1.807, 2.05) is 0 Å². The monoisotopic (exact) mass is 225 g/mol. The number of hydrogen-bond acceptors (Lipinski definition) is 3. The lowest BCUT2D eigenvalue weighted by Crippen LogP contribution is -2.38. The fourth-order valence-electron chi connectivity index (χ4n) is 2.41. The minimum Gasteiger partial charge on any atom is -0.459 e. The van der Waals surface area contributed by atoms with Gasteiger partial charge in [-0.1, -0.05) is 34.6 Å². The quantitative estimate of drug-likeness (QED) is 0.580. The molecule has 2 N–H and O–H groups in total. The van der Waals surface area contributed by atoms with Crippen LogP contribution in [0.5, 0.6) is 0 Å². The fourth-order valence-corrected chi connectivity index (χ4v) is 2.41. The third-order valence-electron chi connectivity index (χ3n) is 4.76. The summed E-state index contributed by atoms with van der Waals surface area (Å²) in [5.41, 5.74) is 5.33. The lowest BCUT2D eigenvalue weighted by molar-refractivity contribution is -0.149. The molecule has 3 heteroatoms. The smallest absolute Gasteiger partial charge is 0.332 e. The maximum atomic E-state index is 11.4. The number of carbonyl (C=O) groups excluding carboxylic acids is 1. The fraction of sp³-hybridized carbons (Fsp3) is 0.769. The van der Waals surface area contributed by atoms with Gasteiger partial charge in [0, 0.05) is 17.7 Å². The molecule has 1 fully saturated rings. The second kappa shape index (κ2) is 4.11. The summed E-state index contributed by atoms with van der Waals surface area (Å²) in [7, 11) is 0. The molecule has 0 aromatic carbocycles. The molecule has 0 aliphatic heterocycles. The molecule has 92 valence electrons. The zero-order chi connectivity index (χ0) is 12.6. The standard InChI is InChI=1S/C13H23NO2/c1-9-8-10(16-11(15)6-7-14)13(4,5)12(9,2)3/h6-7,9-10H,8,14H2,1-5H3/b7-6+/t9-,10+/m0/s1. The van der Waals surface area contributed by atoms with Crippen molar-refractivity contribution in [1.82, 2.24) is 0 Å². The van der Waals surface area contributed by atoms with Gasteiger partial charge in [-0.25, -0.2) is 4.79 Å². The maximum absolute atomic E-state index is 11.4. The molecule has 0 spiro atoms. The van der Waals surface area contributed by atoms with E-state index in [1.165, 1.54) is 12.3 Å². The van der Waals surface area contributed by atoms with Gasteiger partial charge in [-0.2, -0.15) is 0 Å². The van der Waals surface area contributed by atoms with Gasteiger partial charge in [0.05, 0.1) is 0 Å². The molecule has 0 bridgehead atoms. The largest absolute Gasteiger partial charge is 0.459 e. The van der Waals surface area contributed by atoms with Crippen LogP contribution in [0.3, 0.4) is 0 Å². The van der Waals surface area contributed by atoms with Crippen molar-refractivity contribution in [3.63, 3.8) is 0 Å². The SMILES string of the molecule is C[C@H]1C[C@@H](OC(=O)/C=C/N)C(C)(C)C1(C)C. The van der Waals surface area contributed by atoms with Crippen molar-refractivity contribution in [2.24, 2.45) is 22.5 Å². The van der Waals surface area contributed by atoms with Crippen LogP contribution in [-0.4, -0.2) is 12.1 Å². The van der Waals surface area contributed by atoms with Crippen LogP contribution in [0.15, 0.2) is 12.3 Å². The Morgan fingerprint density at radius 3 is 2.25 bits per heavy atom. The van der Waals surface area contributed by atoms with Crippen molar-refractivity contribution < 1.29 is 9.53 Å². The van der Waals surface area contributed by atoms with Crippen LogP contribution < -0.4 is 5.73 Å². The highest BCUT2D eigenvalue weighted by atomic mass is 16.5. The normalized spacial score (nSPS) is 31.8. The summed E-state index contributed by atoms with van der Waals surface area (Å²) >= 11 is 0. The van der Waals surface area contributed by atoms with E-state index >= 15 is 0 Å². The van der Waals surface area contributed by atoms with E-state index in [0.717, 1.165) is 6.42 Å². The van der Waals surface area contributed by atoms with Crippen LogP contribution >= 0.6 is 0 Å². The Balaban J connectivity index is 2.81. The number of carbonyl (C=O) groups is 1. The lowest BCUT2D eigenvalue weighted by atomic mass is 9.67. The van der Waals surface area contributed by atoms with Crippen LogP contribution in [0, 0.1) is 16.7 Å². The van der Waals surface area contributed by atoms with Crippen LogP contribution in [0.25, 0.3) is 0 Å². The predicted molar refractivity (Wildman–Crippen MR) is 64.6 cm³/mol. The second-order valence-corrected chi connectivity index (χ2v) is 5.86. The minimum atomic E-state index is -0.342. The Bertz CT molecular complexity index is 305. The van der Waals surface area contributed by atoms with Gasteiger partial charge in [0.15, 0.2) is 0 Å². The average molecular weight is 225 g/mol. The first-order valence-electron chi connectivity index (χ1n) is 5.82. The van der Waals surface area contributed by atoms with Gasteiger partial charge >= 0.3 is 5.97 Å². The van der Waals surface area contributed by atoms with Gasteiger partial charge in [-0.15, -0.1) is 0 Å². The highest BCUT2D eigenvalue weighted by Gasteiger charge is 2.54. The number of hydrogen-bond donors (Lipinski definition) is 1. The molecule has 3 nitrogen and oxygen atoms in total. The van der Waals surface area contributed by atoms with Crippen molar-refractivity contribution in [2.75, 3.05) is 0 Å². The summed E-state index contributed by atoms with van der Waals surface area (Å²) in [6.45, 7) is 11.0. The van der Waals surface area contributed by atoms with E-state index in [1.54, 1.807) is 0 Å². The molecule has 0 amide bonds. The third-order valence-corrected chi connectivity index (χ3v) is 4.76. The molecule has 1 aliphatic carbocycles. The molecule has 16 heavy (non-hydrogen) atoms. The first kappa shape index (κ1) is 13.1. The molecular formula is C13H23NO2. The molecule has 0 saturated heterocycles. The van der Waals surface area contributed by atoms with Gasteiger partial charge in [0.25, 0.3) is 0 Å². The van der Waals surface area contributed by atoms with Crippen LogP contribution in [-0.2, 0) is 9.53 Å². The third kappa shape index (κ3) is 1.95. The molecule has 1 rings (SSSR count). The summed E-state index contributed by atoms with van der Waals surface area (Å²) in [6.07, 6.45) is 3.39. The predicted octanol–water partition coefficient (Wildman–Crippen LogP) is 2.46. The van der Waals surface area contributed by atoms with Gasteiger partial charge in [-0.05, 0) is 17.8 Å². The Kier molecular flexibility index (Phi) is 3.36. The molecular weight excluding hydrogens is 202 g/mol. The summed E-state index contributed by atoms with van der Waals surface area (Å²) in [5.74, 6) is 0.202. The number of ether oxygens (including phenoxy) is 1. The Hall–Kier alpha value is -0.990. The van der Waals surface area contributed by atoms with E-state index in [4.69, 9.17) is 10.5 Å². The highest BCUT2D eigenvalue weighted by Crippen LogP contribution is 2.56. The summed E-state index contributed by atoms with van der Waals surface area (Å²) < 4.78 is 5.47. The molecule has 0 heterocycles. The molecule has 1 aliphatic rings. The van der Waals surface area contributed by atoms with E-state index in [9.17, 15) is 4.79 Å². The summed E-state index contributed by atoms with van der Waals surface area (Å²) in [5, 5.41) is 0. The number of esters is 1. The minimum absolute atomic E-state index is 0.00941. The Morgan fingerprint density at radius 2 is 1.88 bits per heavy atom. The Morgan fingerprint density at radius 1 is 1.31 bits per heavy atom. The summed E-state index contributed by atoms with van der Waals surface area (Å²) in [6, 6.07) is 0. The van der Waals surface area contributed by atoms with Crippen molar-refractivity contribution >= 4 is 5.97 Å². The van der Waals surface area contributed by atoms with Crippen molar-refractivity contribution in [1.29, 1.82) is 0 Å². The Labute approximate surface area is 98.0 Å². The second-order valence-electron chi connectivity index (χ2n) is 5.86. The van der Waals surface area contributed by atoms with Gasteiger partial charge in [0.2, 0.25) is 0 Å². The molecule has 0 aromatic heterocycles. The van der Waals surface area contributed by atoms with E-state index in [0.29, 0.717) is 5.92 Å². The maximum Gasteiger partial charge on any atom is 0.332 e.